The van der Waals surface area contributed by atoms with Crippen LogP contribution in [0.15, 0.2) is 24.4 Å². The number of hydrogen-bond donors (Lipinski definition) is 1. The molecule has 0 saturated carbocycles. The topological polar surface area (TPSA) is 59.4 Å². The minimum Gasteiger partial charge on any atom is -0.326 e. The third-order valence-corrected chi connectivity index (χ3v) is 1.96. The quantitative estimate of drug-likeness (QED) is 0.809. The maximum Gasteiger partial charge on any atom is 0.316 e. The summed E-state index contributed by atoms with van der Waals surface area (Å²) >= 11 is 0. The van der Waals surface area contributed by atoms with Crippen LogP contribution in [-0.4, -0.2) is 9.88 Å². The van der Waals surface area contributed by atoms with Crippen LogP contribution < -0.4 is 0 Å². The summed E-state index contributed by atoms with van der Waals surface area (Å²) < 4.78 is 14.6. The lowest BCUT2D eigenvalue weighted by Gasteiger charge is -1.97. The molecule has 1 aromatic heterocycles. The molecule has 1 N–H and O–H groups in total. The first kappa shape index (κ1) is 14.3. The summed E-state index contributed by atoms with van der Waals surface area (Å²) in [5, 5.41) is 0. The average molecular weight is 231 g/mol. The predicted octanol–water partition coefficient (Wildman–Crippen LogP) is 2.79. The average Bonchev–Trinajstić information content (AvgIpc) is 2.28. The van der Waals surface area contributed by atoms with Gasteiger partial charge < -0.3 is 9.42 Å². The fourth-order valence-electron chi connectivity index (χ4n) is 0.619. The normalized spacial score (nSPS) is 11.4. The van der Waals surface area contributed by atoms with Crippen LogP contribution >= 0.6 is 8.25 Å². The highest BCUT2D eigenvalue weighted by Gasteiger charge is 1.94. The molecule has 86 valence electrons. The van der Waals surface area contributed by atoms with Gasteiger partial charge in [-0.05, 0) is 12.1 Å². The van der Waals surface area contributed by atoms with Gasteiger partial charge in [0.25, 0.3) is 0 Å². The maximum absolute atomic E-state index is 10.1. The Morgan fingerprint density at radius 2 is 2.07 bits per heavy atom. The molecule has 0 aliphatic carbocycles. The van der Waals surface area contributed by atoms with Crippen LogP contribution in [0.4, 0.5) is 0 Å². The Morgan fingerprint density at radius 1 is 1.40 bits per heavy atom. The van der Waals surface area contributed by atoms with Crippen molar-refractivity contribution in [2.24, 2.45) is 0 Å². The number of pyridine rings is 1. The van der Waals surface area contributed by atoms with Gasteiger partial charge in [0, 0.05) is 6.20 Å². The highest BCUT2D eigenvalue weighted by Crippen LogP contribution is 2.16. The van der Waals surface area contributed by atoms with Crippen LogP contribution in [0.25, 0.3) is 0 Å². The Morgan fingerprint density at radius 3 is 2.47 bits per heavy atom. The zero-order valence-corrected chi connectivity index (χ0v) is 10.1. The number of rotatable bonds is 4. The summed E-state index contributed by atoms with van der Waals surface area (Å²) in [4.78, 5) is 12.2. The molecule has 1 rings (SSSR count). The van der Waals surface area contributed by atoms with E-state index in [1.165, 1.54) is 12.8 Å². The minimum atomic E-state index is -2.82. The maximum atomic E-state index is 10.1. The van der Waals surface area contributed by atoms with Gasteiger partial charge in [-0.15, -0.1) is 0 Å². The molecule has 1 heterocycles. The van der Waals surface area contributed by atoms with Gasteiger partial charge in [0.2, 0.25) is 0 Å². The molecule has 0 saturated heterocycles. The van der Waals surface area contributed by atoms with Crippen molar-refractivity contribution in [1.82, 2.24) is 4.98 Å². The summed E-state index contributed by atoms with van der Waals surface area (Å²) in [6.07, 6.45) is 4.24. The smallest absolute Gasteiger partial charge is 0.316 e. The minimum absolute atomic E-state index is 0.0924. The molecule has 0 spiro atoms. The van der Waals surface area contributed by atoms with Crippen molar-refractivity contribution in [3.05, 3.63) is 30.1 Å². The van der Waals surface area contributed by atoms with E-state index < -0.39 is 8.25 Å². The van der Waals surface area contributed by atoms with Gasteiger partial charge in [-0.2, -0.15) is 0 Å². The molecular weight excluding hydrogens is 213 g/mol. The second kappa shape index (κ2) is 9.84. The van der Waals surface area contributed by atoms with E-state index in [0.29, 0.717) is 5.69 Å². The fourth-order valence-corrected chi connectivity index (χ4v) is 0.891. The molecule has 0 aliphatic heterocycles. The van der Waals surface area contributed by atoms with Crippen molar-refractivity contribution < 1.29 is 14.0 Å². The first-order valence-corrected chi connectivity index (χ1v) is 6.22. The van der Waals surface area contributed by atoms with E-state index >= 15 is 0 Å². The summed E-state index contributed by atoms with van der Waals surface area (Å²) in [6, 6.07) is 5.29. The third kappa shape index (κ3) is 9.60. The lowest BCUT2D eigenvalue weighted by atomic mass is 10.4. The molecule has 0 radical (unpaired) electrons. The Labute approximate surface area is 91.3 Å². The lowest BCUT2D eigenvalue weighted by molar-refractivity contribution is 0.269. The Bertz CT molecular complexity index is 265. The standard InChI is InChI=1S/C6H8NO3P.C4H10/c8-11(9)10-5-6-3-1-2-4-7-6;1-3-4-2/h1-4,11H,5H2,(H,8,9);3-4H2,1-2H3. The van der Waals surface area contributed by atoms with Crippen molar-refractivity contribution in [1.29, 1.82) is 0 Å². The summed E-state index contributed by atoms with van der Waals surface area (Å²) in [5.41, 5.74) is 0.653. The van der Waals surface area contributed by atoms with Gasteiger partial charge in [-0.1, -0.05) is 32.8 Å². The molecule has 0 aliphatic rings. The van der Waals surface area contributed by atoms with Crippen molar-refractivity contribution in [3.8, 4) is 0 Å². The van der Waals surface area contributed by atoms with E-state index in [1.807, 2.05) is 0 Å². The van der Waals surface area contributed by atoms with E-state index in [9.17, 15) is 4.57 Å². The van der Waals surface area contributed by atoms with E-state index in [0.717, 1.165) is 0 Å². The molecule has 4 nitrogen and oxygen atoms in total. The summed E-state index contributed by atoms with van der Waals surface area (Å²) in [6.45, 7) is 4.45. The van der Waals surface area contributed by atoms with Crippen LogP contribution in [0.2, 0.25) is 0 Å². The number of hydrogen-bond acceptors (Lipinski definition) is 3. The third-order valence-electron chi connectivity index (χ3n) is 1.57. The van der Waals surface area contributed by atoms with Crippen molar-refractivity contribution in [2.45, 2.75) is 33.3 Å². The second-order valence-electron chi connectivity index (χ2n) is 2.88. The van der Waals surface area contributed by atoms with Crippen LogP contribution in [-0.2, 0) is 15.7 Å². The van der Waals surface area contributed by atoms with Gasteiger partial charge in [0.1, 0.15) is 0 Å². The molecule has 0 aromatic carbocycles. The van der Waals surface area contributed by atoms with Gasteiger partial charge in [-0.25, -0.2) is 0 Å². The molecule has 15 heavy (non-hydrogen) atoms. The largest absolute Gasteiger partial charge is 0.326 e. The zero-order valence-electron chi connectivity index (χ0n) is 9.14. The van der Waals surface area contributed by atoms with Crippen LogP contribution in [0, 0.1) is 0 Å². The number of aromatic nitrogens is 1. The Hall–Kier alpha value is -0.700. The summed E-state index contributed by atoms with van der Waals surface area (Å²) in [5.74, 6) is 0. The van der Waals surface area contributed by atoms with Crippen LogP contribution in [0.1, 0.15) is 32.4 Å². The lowest BCUT2D eigenvalue weighted by Crippen LogP contribution is -1.88. The fraction of sp³-hybridized carbons (Fsp3) is 0.500. The molecule has 0 bridgehead atoms. The van der Waals surface area contributed by atoms with Gasteiger partial charge in [0.15, 0.2) is 0 Å². The first-order chi connectivity index (χ1) is 7.20. The van der Waals surface area contributed by atoms with Gasteiger partial charge in [0.05, 0.1) is 12.3 Å². The molecule has 1 unspecified atom stereocenters. The summed E-state index contributed by atoms with van der Waals surface area (Å²) in [7, 11) is -2.82. The molecule has 0 amide bonds. The van der Waals surface area contributed by atoms with Crippen molar-refractivity contribution in [3.63, 3.8) is 0 Å². The van der Waals surface area contributed by atoms with Gasteiger partial charge in [-0.3, -0.25) is 9.55 Å². The molecular formula is C10H18NO3P. The Balaban J connectivity index is 0.000000423. The number of nitrogens with zero attached hydrogens (tertiary/aromatic N) is 1. The van der Waals surface area contributed by atoms with E-state index in [-0.39, 0.29) is 6.61 Å². The van der Waals surface area contributed by atoms with Crippen LogP contribution in [0.5, 0.6) is 0 Å². The van der Waals surface area contributed by atoms with Crippen molar-refractivity contribution >= 4 is 8.25 Å². The number of unbranched alkanes of at least 4 members (excludes halogenated alkanes) is 1. The molecule has 1 aromatic rings. The molecule has 1 atom stereocenters. The highest BCUT2D eigenvalue weighted by atomic mass is 31.1. The molecule has 0 fully saturated rings. The van der Waals surface area contributed by atoms with Crippen LogP contribution in [0.3, 0.4) is 0 Å². The van der Waals surface area contributed by atoms with E-state index in [1.54, 1.807) is 24.4 Å². The Kier molecular flexibility index (Phi) is 9.38. The SMILES string of the molecule is CCCC.O=[PH](O)OCc1ccccn1. The molecule has 5 heteroatoms. The highest BCUT2D eigenvalue weighted by molar-refractivity contribution is 7.32. The van der Waals surface area contributed by atoms with Crippen molar-refractivity contribution in [2.75, 3.05) is 0 Å². The zero-order chi connectivity index (χ0) is 11.5. The van der Waals surface area contributed by atoms with E-state index in [2.05, 4.69) is 23.4 Å². The first-order valence-electron chi connectivity index (χ1n) is 4.96. The monoisotopic (exact) mass is 231 g/mol. The van der Waals surface area contributed by atoms with E-state index in [4.69, 9.17) is 4.89 Å². The predicted molar refractivity (Wildman–Crippen MR) is 60.8 cm³/mol. The van der Waals surface area contributed by atoms with Gasteiger partial charge >= 0.3 is 8.25 Å². The second-order valence-corrected chi connectivity index (χ2v) is 3.70.